The third kappa shape index (κ3) is 5.70. The molecule has 156 valence electrons. The molecule has 2 aromatic carbocycles. The topological polar surface area (TPSA) is 92.8 Å². The monoisotopic (exact) mass is 458 g/mol. The van der Waals surface area contributed by atoms with Crippen LogP contribution in [0.3, 0.4) is 0 Å². The van der Waals surface area contributed by atoms with Gasteiger partial charge in [-0.25, -0.2) is 17.5 Å². The lowest BCUT2D eigenvalue weighted by atomic mass is 10.2. The number of anilines is 1. The maximum Gasteiger partial charge on any atom is 0.339 e. The van der Waals surface area contributed by atoms with Gasteiger partial charge in [-0.3, -0.25) is 4.79 Å². The molecular formula is C19H20Cl2N2O5S. The Morgan fingerprint density at radius 1 is 1.07 bits per heavy atom. The van der Waals surface area contributed by atoms with E-state index in [-0.39, 0.29) is 20.5 Å². The minimum absolute atomic E-state index is 0.0293. The predicted octanol–water partition coefficient (Wildman–Crippen LogP) is 3.74. The summed E-state index contributed by atoms with van der Waals surface area (Å²) in [5.41, 5.74) is 1.06. The van der Waals surface area contributed by atoms with Crippen LogP contribution in [0.1, 0.15) is 22.8 Å². The second-order valence-corrected chi connectivity index (χ2v) is 9.48. The van der Waals surface area contributed by atoms with E-state index < -0.39 is 28.0 Å². The molecule has 10 heteroatoms. The van der Waals surface area contributed by atoms with Crippen molar-refractivity contribution in [2.24, 2.45) is 0 Å². The van der Waals surface area contributed by atoms with Crippen molar-refractivity contribution in [1.82, 2.24) is 4.31 Å². The molecule has 0 spiro atoms. The van der Waals surface area contributed by atoms with Crippen LogP contribution in [-0.2, 0) is 19.6 Å². The Kier molecular flexibility index (Phi) is 7.29. The smallest absolute Gasteiger partial charge is 0.339 e. The average Bonchev–Trinajstić information content (AvgIpc) is 2.62. The quantitative estimate of drug-likeness (QED) is 0.665. The molecule has 0 aliphatic heterocycles. The molecule has 0 saturated heterocycles. The number of rotatable bonds is 6. The SMILES string of the molecule is Cc1ccc(S(=O)(=O)N(C)C)cc1NC(=O)C(C)OC(=O)c1cc(Cl)cc(Cl)c1. The molecule has 0 aliphatic rings. The lowest BCUT2D eigenvalue weighted by Gasteiger charge is -2.17. The fourth-order valence-electron chi connectivity index (χ4n) is 2.30. The first kappa shape index (κ1) is 23.2. The Balaban J connectivity index is 2.16. The summed E-state index contributed by atoms with van der Waals surface area (Å²) in [6.45, 7) is 3.11. The van der Waals surface area contributed by atoms with E-state index in [9.17, 15) is 18.0 Å². The molecule has 29 heavy (non-hydrogen) atoms. The Labute approximate surface area is 179 Å². The van der Waals surface area contributed by atoms with Crippen molar-refractivity contribution in [1.29, 1.82) is 0 Å². The Morgan fingerprint density at radius 3 is 2.21 bits per heavy atom. The number of sulfonamides is 1. The maximum absolute atomic E-state index is 12.5. The summed E-state index contributed by atoms with van der Waals surface area (Å²) >= 11 is 11.7. The minimum atomic E-state index is -3.66. The first-order valence-electron chi connectivity index (χ1n) is 8.43. The lowest BCUT2D eigenvalue weighted by Crippen LogP contribution is -2.30. The summed E-state index contributed by atoms with van der Waals surface area (Å²) < 4.78 is 30.8. The molecule has 0 aromatic heterocycles. The van der Waals surface area contributed by atoms with E-state index in [0.717, 1.165) is 4.31 Å². The molecule has 0 fully saturated rings. The number of nitrogens with zero attached hydrogens (tertiary/aromatic N) is 1. The molecule has 7 nitrogen and oxygen atoms in total. The Morgan fingerprint density at radius 2 is 1.66 bits per heavy atom. The first-order chi connectivity index (χ1) is 13.4. The van der Waals surface area contributed by atoms with Gasteiger partial charge in [0.15, 0.2) is 6.10 Å². The summed E-state index contributed by atoms with van der Waals surface area (Å²) in [6.07, 6.45) is -1.14. The fourth-order valence-corrected chi connectivity index (χ4v) is 3.75. The zero-order chi connectivity index (χ0) is 21.9. The number of amides is 1. The van der Waals surface area contributed by atoms with Gasteiger partial charge in [0.05, 0.1) is 10.5 Å². The van der Waals surface area contributed by atoms with E-state index >= 15 is 0 Å². The number of hydrogen-bond acceptors (Lipinski definition) is 5. The number of carbonyl (C=O) groups excluding carboxylic acids is 2. The number of hydrogen-bond donors (Lipinski definition) is 1. The van der Waals surface area contributed by atoms with Gasteiger partial charge in [-0.05, 0) is 49.7 Å². The summed E-state index contributed by atoms with van der Waals surface area (Å²) in [4.78, 5) is 24.7. The van der Waals surface area contributed by atoms with Gasteiger partial charge in [-0.2, -0.15) is 0 Å². The molecule has 1 amide bonds. The normalized spacial score (nSPS) is 12.5. The van der Waals surface area contributed by atoms with Crippen LogP contribution < -0.4 is 5.32 Å². The average molecular weight is 459 g/mol. The second-order valence-electron chi connectivity index (χ2n) is 6.46. The number of esters is 1. The highest BCUT2D eigenvalue weighted by molar-refractivity contribution is 7.89. The van der Waals surface area contributed by atoms with Crippen molar-refractivity contribution in [3.63, 3.8) is 0 Å². The molecule has 1 N–H and O–H groups in total. The predicted molar refractivity (Wildman–Crippen MR) is 112 cm³/mol. The largest absolute Gasteiger partial charge is 0.449 e. The van der Waals surface area contributed by atoms with Crippen LogP contribution in [0.25, 0.3) is 0 Å². The van der Waals surface area contributed by atoms with Gasteiger partial charge < -0.3 is 10.1 Å². The maximum atomic E-state index is 12.5. The zero-order valence-corrected chi connectivity index (χ0v) is 18.5. The van der Waals surface area contributed by atoms with Gasteiger partial charge in [0, 0.05) is 29.8 Å². The van der Waals surface area contributed by atoms with Crippen molar-refractivity contribution in [2.45, 2.75) is 24.8 Å². The van der Waals surface area contributed by atoms with E-state index in [1.54, 1.807) is 13.0 Å². The zero-order valence-electron chi connectivity index (χ0n) is 16.2. The number of halogens is 2. The highest BCUT2D eigenvalue weighted by Crippen LogP contribution is 2.23. The molecule has 0 saturated carbocycles. The van der Waals surface area contributed by atoms with Gasteiger partial charge in [-0.1, -0.05) is 29.3 Å². The lowest BCUT2D eigenvalue weighted by molar-refractivity contribution is -0.123. The molecule has 1 atom stereocenters. The molecule has 0 aliphatic carbocycles. The van der Waals surface area contributed by atoms with Crippen molar-refractivity contribution >= 4 is 50.8 Å². The highest BCUT2D eigenvalue weighted by atomic mass is 35.5. The van der Waals surface area contributed by atoms with Crippen LogP contribution in [0, 0.1) is 6.92 Å². The van der Waals surface area contributed by atoms with E-state index in [1.807, 2.05) is 0 Å². The van der Waals surface area contributed by atoms with Crippen LogP contribution in [0.15, 0.2) is 41.3 Å². The van der Waals surface area contributed by atoms with Gasteiger partial charge in [0.2, 0.25) is 10.0 Å². The van der Waals surface area contributed by atoms with E-state index in [1.165, 1.54) is 51.4 Å². The van der Waals surface area contributed by atoms with Gasteiger partial charge in [-0.15, -0.1) is 0 Å². The molecular weight excluding hydrogens is 439 g/mol. The Bertz CT molecular complexity index is 1030. The highest BCUT2D eigenvalue weighted by Gasteiger charge is 2.22. The van der Waals surface area contributed by atoms with Gasteiger partial charge >= 0.3 is 5.97 Å². The number of ether oxygens (including phenoxy) is 1. The number of nitrogens with one attached hydrogen (secondary N) is 1. The number of carbonyl (C=O) groups is 2. The molecule has 2 rings (SSSR count). The van der Waals surface area contributed by atoms with Crippen molar-refractivity contribution < 1.29 is 22.7 Å². The van der Waals surface area contributed by atoms with Crippen molar-refractivity contribution in [3.8, 4) is 0 Å². The number of benzene rings is 2. The summed E-state index contributed by atoms with van der Waals surface area (Å²) in [5, 5.41) is 3.11. The van der Waals surface area contributed by atoms with Crippen LogP contribution in [-0.4, -0.2) is 44.8 Å². The van der Waals surface area contributed by atoms with Crippen LogP contribution >= 0.6 is 23.2 Å². The molecule has 2 aromatic rings. The van der Waals surface area contributed by atoms with E-state index in [0.29, 0.717) is 11.3 Å². The molecule has 0 heterocycles. The number of aryl methyl sites for hydroxylation is 1. The van der Waals surface area contributed by atoms with Gasteiger partial charge in [0.25, 0.3) is 5.91 Å². The molecule has 0 bridgehead atoms. The van der Waals surface area contributed by atoms with Crippen LogP contribution in [0.2, 0.25) is 10.0 Å². The van der Waals surface area contributed by atoms with E-state index in [2.05, 4.69) is 5.32 Å². The molecule has 0 radical (unpaired) electrons. The van der Waals surface area contributed by atoms with Crippen LogP contribution in [0.5, 0.6) is 0 Å². The Hall–Kier alpha value is -2.13. The summed E-state index contributed by atoms with van der Waals surface area (Å²) in [7, 11) is -0.836. The third-order valence-corrected chi connectivity index (χ3v) is 6.24. The van der Waals surface area contributed by atoms with Gasteiger partial charge in [0.1, 0.15) is 0 Å². The minimum Gasteiger partial charge on any atom is -0.449 e. The van der Waals surface area contributed by atoms with Crippen molar-refractivity contribution in [2.75, 3.05) is 19.4 Å². The van der Waals surface area contributed by atoms with E-state index in [4.69, 9.17) is 27.9 Å². The standard InChI is InChI=1S/C19H20Cl2N2O5S/c1-11-5-6-16(29(26,27)23(3)4)10-17(11)22-18(24)12(2)28-19(25)13-7-14(20)9-15(21)8-13/h5-10,12H,1-4H3,(H,22,24). The summed E-state index contributed by atoms with van der Waals surface area (Å²) in [6, 6.07) is 8.60. The molecule has 1 unspecified atom stereocenters. The first-order valence-corrected chi connectivity index (χ1v) is 10.6. The second kappa shape index (κ2) is 9.13. The van der Waals surface area contributed by atoms with Crippen molar-refractivity contribution in [3.05, 3.63) is 57.6 Å². The van der Waals surface area contributed by atoms with Crippen LogP contribution in [0.4, 0.5) is 5.69 Å². The fraction of sp³-hybridized carbons (Fsp3) is 0.263. The summed E-state index contributed by atoms with van der Waals surface area (Å²) in [5.74, 6) is -1.38. The third-order valence-electron chi connectivity index (χ3n) is 4.00.